The van der Waals surface area contributed by atoms with Crippen molar-refractivity contribution in [1.82, 2.24) is 14.2 Å². The lowest BCUT2D eigenvalue weighted by molar-refractivity contribution is -0.133. The number of anilines is 1. The van der Waals surface area contributed by atoms with Crippen LogP contribution in [-0.2, 0) is 19.6 Å². The zero-order valence-corrected chi connectivity index (χ0v) is 17.4. The zero-order valence-electron chi connectivity index (χ0n) is 15.8. The average Bonchev–Trinajstić information content (AvgIpc) is 3.11. The first kappa shape index (κ1) is 21.3. The Morgan fingerprint density at radius 2 is 1.79 bits per heavy atom. The second-order valence-electron chi connectivity index (χ2n) is 6.58. The minimum absolute atomic E-state index is 0.0211. The molecular formula is C18H21FN4O4S2. The predicted octanol–water partition coefficient (Wildman–Crippen LogP) is 1.84. The van der Waals surface area contributed by atoms with E-state index < -0.39 is 15.8 Å². The van der Waals surface area contributed by atoms with Crippen molar-refractivity contribution >= 4 is 38.3 Å². The van der Waals surface area contributed by atoms with Crippen LogP contribution in [0.15, 0.2) is 34.5 Å². The fraction of sp³-hybridized carbons (Fsp3) is 0.389. The lowest BCUT2D eigenvalue weighted by Crippen LogP contribution is -2.50. The predicted molar refractivity (Wildman–Crippen MR) is 106 cm³/mol. The molecule has 11 heteroatoms. The zero-order chi connectivity index (χ0) is 21.0. The third-order valence-electron chi connectivity index (χ3n) is 4.47. The highest BCUT2D eigenvalue weighted by atomic mass is 32.2. The van der Waals surface area contributed by atoms with E-state index in [1.807, 2.05) is 12.3 Å². The number of hydrogen-bond donors (Lipinski definition) is 1. The lowest BCUT2D eigenvalue weighted by Gasteiger charge is -2.34. The van der Waals surface area contributed by atoms with Gasteiger partial charge in [-0.3, -0.25) is 9.59 Å². The summed E-state index contributed by atoms with van der Waals surface area (Å²) in [6, 6.07) is 4.66. The highest BCUT2D eigenvalue weighted by Gasteiger charge is 2.30. The monoisotopic (exact) mass is 440 g/mol. The number of halogens is 1. The summed E-state index contributed by atoms with van der Waals surface area (Å²) in [4.78, 5) is 30.0. The Hall–Kier alpha value is -2.37. The molecule has 1 aliphatic rings. The van der Waals surface area contributed by atoms with Crippen molar-refractivity contribution in [2.75, 3.05) is 31.5 Å². The number of amides is 2. The van der Waals surface area contributed by atoms with Crippen LogP contribution in [0.3, 0.4) is 0 Å². The number of rotatable bonds is 6. The van der Waals surface area contributed by atoms with Gasteiger partial charge in [0.2, 0.25) is 21.8 Å². The molecule has 29 heavy (non-hydrogen) atoms. The minimum Gasteiger partial charge on any atom is -0.340 e. The van der Waals surface area contributed by atoms with Gasteiger partial charge in [0.05, 0.1) is 10.6 Å². The molecule has 8 nitrogen and oxygen atoms in total. The van der Waals surface area contributed by atoms with Crippen LogP contribution in [0.4, 0.5) is 9.52 Å². The normalized spacial score (nSPS) is 15.3. The van der Waals surface area contributed by atoms with Crippen molar-refractivity contribution in [2.45, 2.75) is 24.7 Å². The van der Waals surface area contributed by atoms with E-state index in [0.717, 1.165) is 17.8 Å². The van der Waals surface area contributed by atoms with Gasteiger partial charge in [0.1, 0.15) is 5.82 Å². The van der Waals surface area contributed by atoms with Gasteiger partial charge in [0.15, 0.2) is 5.13 Å². The van der Waals surface area contributed by atoms with Crippen LogP contribution in [0.5, 0.6) is 0 Å². The van der Waals surface area contributed by atoms with Gasteiger partial charge in [0, 0.05) is 44.4 Å². The van der Waals surface area contributed by atoms with Gasteiger partial charge in [-0.05, 0) is 31.2 Å². The SMILES string of the molecule is Cc1csc(NC(=O)CCC(=O)N2CCN(S(=O)(=O)c3ccc(F)cc3)CC2)n1. The molecule has 3 rings (SSSR count). The molecule has 0 radical (unpaired) electrons. The summed E-state index contributed by atoms with van der Waals surface area (Å²) in [7, 11) is -3.73. The number of sulfonamides is 1. The summed E-state index contributed by atoms with van der Waals surface area (Å²) in [6.07, 6.45) is 0.0758. The number of carbonyl (C=O) groups is 2. The van der Waals surface area contributed by atoms with Crippen LogP contribution in [0.25, 0.3) is 0 Å². The molecule has 1 aromatic carbocycles. The van der Waals surface area contributed by atoms with Gasteiger partial charge in [-0.25, -0.2) is 17.8 Å². The fourth-order valence-corrected chi connectivity index (χ4v) is 5.03. The van der Waals surface area contributed by atoms with E-state index in [1.54, 1.807) is 4.90 Å². The Bertz CT molecular complexity index is 984. The van der Waals surface area contributed by atoms with Crippen molar-refractivity contribution in [3.63, 3.8) is 0 Å². The molecule has 1 aromatic heterocycles. The maximum Gasteiger partial charge on any atom is 0.243 e. The second-order valence-corrected chi connectivity index (χ2v) is 9.38. The minimum atomic E-state index is -3.73. The van der Waals surface area contributed by atoms with Crippen molar-refractivity contribution in [3.8, 4) is 0 Å². The number of piperazine rings is 1. The first-order valence-electron chi connectivity index (χ1n) is 9.01. The van der Waals surface area contributed by atoms with Gasteiger partial charge >= 0.3 is 0 Å². The molecule has 0 spiro atoms. The molecule has 1 aliphatic heterocycles. The molecule has 1 fully saturated rings. The third-order valence-corrected chi connectivity index (χ3v) is 7.26. The van der Waals surface area contributed by atoms with Crippen LogP contribution in [0, 0.1) is 12.7 Å². The standard InChI is InChI=1S/C18H21FN4O4S2/c1-13-12-28-18(20-13)21-16(24)6-7-17(25)22-8-10-23(11-9-22)29(26,27)15-4-2-14(19)3-5-15/h2-5,12H,6-11H2,1H3,(H,20,21,24). The molecule has 1 N–H and O–H groups in total. The molecule has 156 valence electrons. The Labute approximate surface area is 172 Å². The number of carbonyl (C=O) groups excluding carboxylic acids is 2. The Morgan fingerprint density at radius 1 is 1.14 bits per heavy atom. The van der Waals surface area contributed by atoms with Crippen LogP contribution >= 0.6 is 11.3 Å². The first-order valence-corrected chi connectivity index (χ1v) is 11.3. The summed E-state index contributed by atoms with van der Waals surface area (Å²) in [5.74, 6) is -0.993. The largest absolute Gasteiger partial charge is 0.340 e. The molecular weight excluding hydrogens is 419 g/mol. The van der Waals surface area contributed by atoms with Gasteiger partial charge in [0.25, 0.3) is 0 Å². The van der Waals surface area contributed by atoms with E-state index >= 15 is 0 Å². The molecule has 0 unspecified atom stereocenters. The van der Waals surface area contributed by atoms with E-state index in [-0.39, 0.29) is 55.7 Å². The van der Waals surface area contributed by atoms with Crippen LogP contribution in [-0.4, -0.2) is 60.6 Å². The van der Waals surface area contributed by atoms with E-state index in [9.17, 15) is 22.4 Å². The topological polar surface area (TPSA) is 99.7 Å². The molecule has 2 heterocycles. The van der Waals surface area contributed by atoms with Crippen LogP contribution < -0.4 is 5.32 Å². The van der Waals surface area contributed by atoms with E-state index in [4.69, 9.17) is 0 Å². The van der Waals surface area contributed by atoms with Crippen molar-refractivity contribution in [3.05, 3.63) is 41.2 Å². The summed E-state index contributed by atoms with van der Waals surface area (Å²) in [6.45, 7) is 2.61. The summed E-state index contributed by atoms with van der Waals surface area (Å²) < 4.78 is 39.5. The molecule has 0 saturated carbocycles. The van der Waals surface area contributed by atoms with E-state index in [2.05, 4.69) is 10.3 Å². The quantitative estimate of drug-likeness (QED) is 0.739. The smallest absolute Gasteiger partial charge is 0.243 e. The molecule has 1 saturated heterocycles. The molecule has 0 aliphatic carbocycles. The number of aromatic nitrogens is 1. The summed E-state index contributed by atoms with van der Waals surface area (Å²) >= 11 is 1.32. The summed E-state index contributed by atoms with van der Waals surface area (Å²) in [5, 5.41) is 4.97. The summed E-state index contributed by atoms with van der Waals surface area (Å²) in [5.41, 5.74) is 0.815. The number of hydrogen-bond acceptors (Lipinski definition) is 6. The third kappa shape index (κ3) is 5.37. The number of benzene rings is 1. The molecule has 0 bridgehead atoms. The Kier molecular flexibility index (Phi) is 6.60. The number of nitrogens with one attached hydrogen (secondary N) is 1. The number of aryl methyl sites for hydroxylation is 1. The highest BCUT2D eigenvalue weighted by molar-refractivity contribution is 7.89. The van der Waals surface area contributed by atoms with Crippen molar-refractivity contribution in [2.24, 2.45) is 0 Å². The lowest BCUT2D eigenvalue weighted by atomic mass is 10.2. The second kappa shape index (κ2) is 8.97. The van der Waals surface area contributed by atoms with Gasteiger partial charge < -0.3 is 10.2 Å². The molecule has 0 atom stereocenters. The Balaban J connectivity index is 1.47. The van der Waals surface area contributed by atoms with Gasteiger partial charge in [-0.1, -0.05) is 0 Å². The average molecular weight is 441 g/mol. The van der Waals surface area contributed by atoms with Crippen LogP contribution in [0.1, 0.15) is 18.5 Å². The van der Waals surface area contributed by atoms with Gasteiger partial charge in [-0.15, -0.1) is 11.3 Å². The van der Waals surface area contributed by atoms with Crippen molar-refractivity contribution in [1.29, 1.82) is 0 Å². The van der Waals surface area contributed by atoms with E-state index in [1.165, 1.54) is 27.8 Å². The van der Waals surface area contributed by atoms with Crippen molar-refractivity contribution < 1.29 is 22.4 Å². The Morgan fingerprint density at radius 3 is 2.38 bits per heavy atom. The molecule has 2 amide bonds. The first-order chi connectivity index (χ1) is 13.8. The van der Waals surface area contributed by atoms with Gasteiger partial charge in [-0.2, -0.15) is 4.31 Å². The van der Waals surface area contributed by atoms with Crippen LogP contribution in [0.2, 0.25) is 0 Å². The molecule has 2 aromatic rings. The fourth-order valence-electron chi connectivity index (χ4n) is 2.91. The number of thiazole rings is 1. The maximum atomic E-state index is 13.0. The number of nitrogens with zero attached hydrogens (tertiary/aromatic N) is 3. The highest BCUT2D eigenvalue weighted by Crippen LogP contribution is 2.19. The maximum absolute atomic E-state index is 13.0. The van der Waals surface area contributed by atoms with E-state index in [0.29, 0.717) is 5.13 Å².